The topological polar surface area (TPSA) is 12.0 Å². The molecule has 1 rings (SSSR count). The maximum atomic E-state index is 14.0. The maximum absolute atomic E-state index is 14.0. The van der Waals surface area contributed by atoms with E-state index in [4.69, 9.17) is 0 Å². The summed E-state index contributed by atoms with van der Waals surface area (Å²) in [5.74, 6) is -1.11. The number of rotatable bonds is 9. The Morgan fingerprint density at radius 3 is 2.55 bits per heavy atom. The maximum Gasteiger partial charge on any atom is 0.162 e. The molecule has 0 bridgehead atoms. The Bertz CT molecular complexity index is 404. The van der Waals surface area contributed by atoms with Crippen molar-refractivity contribution in [3.63, 3.8) is 0 Å². The summed E-state index contributed by atoms with van der Waals surface area (Å²) in [5, 5.41) is 3.17. The lowest BCUT2D eigenvalue weighted by molar-refractivity contribution is 0.489. The van der Waals surface area contributed by atoms with Crippen molar-refractivity contribution in [3.8, 4) is 0 Å². The number of nitrogens with one attached hydrogen (secondary N) is 1. The molecule has 0 spiro atoms. The summed E-state index contributed by atoms with van der Waals surface area (Å²) < 4.78 is 27.5. The van der Waals surface area contributed by atoms with Gasteiger partial charge in [0.15, 0.2) is 11.6 Å². The fourth-order valence-electron chi connectivity index (χ4n) is 2.57. The van der Waals surface area contributed by atoms with Gasteiger partial charge in [-0.1, -0.05) is 46.1 Å². The second-order valence-electron chi connectivity index (χ2n) is 5.43. The molecule has 3 heteroatoms. The molecule has 0 saturated carbocycles. The molecule has 20 heavy (non-hydrogen) atoms. The number of halogens is 2. The van der Waals surface area contributed by atoms with Gasteiger partial charge < -0.3 is 5.32 Å². The van der Waals surface area contributed by atoms with E-state index in [1.807, 2.05) is 6.92 Å². The third kappa shape index (κ3) is 4.86. The molecule has 0 fully saturated rings. The fourth-order valence-corrected chi connectivity index (χ4v) is 2.57. The molecule has 0 aliphatic carbocycles. The van der Waals surface area contributed by atoms with Crippen molar-refractivity contribution >= 4 is 0 Å². The van der Waals surface area contributed by atoms with Gasteiger partial charge in [0.05, 0.1) is 0 Å². The Hall–Kier alpha value is -0.960. The van der Waals surface area contributed by atoms with Crippen molar-refractivity contribution < 1.29 is 8.78 Å². The number of benzene rings is 1. The van der Waals surface area contributed by atoms with Crippen LogP contribution in [0.15, 0.2) is 12.1 Å². The summed E-state index contributed by atoms with van der Waals surface area (Å²) in [7, 11) is 0. The first-order chi connectivity index (χ1) is 9.61. The lowest BCUT2D eigenvalue weighted by Crippen LogP contribution is -2.18. The zero-order valence-corrected chi connectivity index (χ0v) is 12.9. The monoisotopic (exact) mass is 283 g/mol. The van der Waals surface area contributed by atoms with Crippen LogP contribution in [0.1, 0.15) is 63.5 Å². The van der Waals surface area contributed by atoms with Crippen LogP contribution in [0, 0.1) is 11.6 Å². The van der Waals surface area contributed by atoms with E-state index in [-0.39, 0.29) is 5.92 Å². The Morgan fingerprint density at radius 2 is 1.90 bits per heavy atom. The Morgan fingerprint density at radius 1 is 1.15 bits per heavy atom. The lowest BCUT2D eigenvalue weighted by atomic mass is 9.89. The Balaban J connectivity index is 2.84. The number of hydrogen-bond donors (Lipinski definition) is 1. The molecule has 1 aromatic rings. The van der Waals surface area contributed by atoms with Crippen LogP contribution < -0.4 is 5.32 Å². The number of likely N-dealkylation sites (N-methyl/N-ethyl adjacent to an activating group) is 1. The summed E-state index contributed by atoms with van der Waals surface area (Å²) in [6, 6.07) is 3.02. The van der Waals surface area contributed by atoms with Gasteiger partial charge in [-0.25, -0.2) is 8.78 Å². The number of hydrogen-bond acceptors (Lipinski definition) is 1. The average molecular weight is 283 g/mol. The van der Waals surface area contributed by atoms with E-state index in [9.17, 15) is 8.78 Å². The van der Waals surface area contributed by atoms with Crippen molar-refractivity contribution in [1.29, 1.82) is 0 Å². The molecule has 1 atom stereocenters. The smallest absolute Gasteiger partial charge is 0.162 e. The summed E-state index contributed by atoms with van der Waals surface area (Å²) >= 11 is 0. The first-order valence-electron chi connectivity index (χ1n) is 7.79. The van der Waals surface area contributed by atoms with Gasteiger partial charge in [0, 0.05) is 0 Å². The molecule has 0 amide bonds. The van der Waals surface area contributed by atoms with Crippen LogP contribution in [-0.4, -0.2) is 13.1 Å². The predicted octanol–water partition coefficient (Wildman–Crippen LogP) is 4.80. The Kier molecular flexibility index (Phi) is 7.75. The van der Waals surface area contributed by atoms with E-state index in [1.54, 1.807) is 6.07 Å². The van der Waals surface area contributed by atoms with Gasteiger partial charge in [0.25, 0.3) is 0 Å². The van der Waals surface area contributed by atoms with Crippen molar-refractivity contribution in [2.75, 3.05) is 13.1 Å². The van der Waals surface area contributed by atoms with E-state index in [2.05, 4.69) is 19.2 Å². The van der Waals surface area contributed by atoms with E-state index >= 15 is 0 Å². The van der Waals surface area contributed by atoms with Crippen molar-refractivity contribution in [3.05, 3.63) is 34.9 Å². The summed E-state index contributed by atoms with van der Waals surface area (Å²) in [4.78, 5) is 0. The van der Waals surface area contributed by atoms with Crippen LogP contribution in [0.25, 0.3) is 0 Å². The minimum absolute atomic E-state index is 0.285. The van der Waals surface area contributed by atoms with E-state index in [1.165, 1.54) is 18.9 Å². The Labute approximate surface area is 121 Å². The third-order valence-corrected chi connectivity index (χ3v) is 3.81. The SMILES string of the molecule is CCCCCC(C)c1ccc(F)c(F)c1CCNCC. The first kappa shape index (κ1) is 17.1. The minimum atomic E-state index is -0.735. The molecule has 0 radical (unpaired) electrons. The van der Waals surface area contributed by atoms with Crippen LogP contribution in [0.2, 0.25) is 0 Å². The largest absolute Gasteiger partial charge is 0.317 e. The van der Waals surface area contributed by atoms with Crippen LogP contribution >= 0.6 is 0 Å². The van der Waals surface area contributed by atoms with Gasteiger partial charge in [-0.3, -0.25) is 0 Å². The average Bonchev–Trinajstić information content (AvgIpc) is 2.44. The van der Waals surface area contributed by atoms with Crippen LogP contribution in [0.3, 0.4) is 0 Å². The third-order valence-electron chi connectivity index (χ3n) is 3.81. The quantitative estimate of drug-likeness (QED) is 0.642. The van der Waals surface area contributed by atoms with Gasteiger partial charge >= 0.3 is 0 Å². The molecule has 0 aliphatic rings. The van der Waals surface area contributed by atoms with Gasteiger partial charge in [-0.05, 0) is 49.0 Å². The molecule has 0 saturated heterocycles. The second kappa shape index (κ2) is 9.06. The highest BCUT2D eigenvalue weighted by Crippen LogP contribution is 2.28. The van der Waals surface area contributed by atoms with E-state index in [0.717, 1.165) is 24.9 Å². The van der Waals surface area contributed by atoms with Gasteiger partial charge in [0.2, 0.25) is 0 Å². The van der Waals surface area contributed by atoms with Crippen molar-refractivity contribution in [1.82, 2.24) is 5.32 Å². The molecule has 1 aromatic carbocycles. The lowest BCUT2D eigenvalue weighted by Gasteiger charge is -2.18. The summed E-state index contributed by atoms with van der Waals surface area (Å²) in [5.41, 5.74) is 1.52. The highest BCUT2D eigenvalue weighted by Gasteiger charge is 2.17. The van der Waals surface area contributed by atoms with Crippen LogP contribution in [-0.2, 0) is 6.42 Å². The predicted molar refractivity (Wildman–Crippen MR) is 81.2 cm³/mol. The molecular weight excluding hydrogens is 256 g/mol. The van der Waals surface area contributed by atoms with Crippen molar-refractivity contribution in [2.45, 2.75) is 58.8 Å². The molecule has 1 nitrogen and oxygen atoms in total. The molecule has 0 aliphatic heterocycles. The van der Waals surface area contributed by atoms with E-state index in [0.29, 0.717) is 18.5 Å². The molecular formula is C17H27F2N. The van der Waals surface area contributed by atoms with Gasteiger partial charge in [-0.15, -0.1) is 0 Å². The van der Waals surface area contributed by atoms with Crippen LogP contribution in [0.5, 0.6) is 0 Å². The molecule has 1 unspecified atom stereocenters. The van der Waals surface area contributed by atoms with E-state index < -0.39 is 11.6 Å². The summed E-state index contributed by atoms with van der Waals surface area (Å²) in [6.07, 6.45) is 5.10. The van der Waals surface area contributed by atoms with Gasteiger partial charge in [-0.2, -0.15) is 0 Å². The van der Waals surface area contributed by atoms with Gasteiger partial charge in [0.1, 0.15) is 0 Å². The highest BCUT2D eigenvalue weighted by atomic mass is 19.2. The van der Waals surface area contributed by atoms with Crippen LogP contribution in [0.4, 0.5) is 8.78 Å². The first-order valence-corrected chi connectivity index (χ1v) is 7.79. The zero-order valence-electron chi connectivity index (χ0n) is 12.9. The molecule has 114 valence electrons. The highest BCUT2D eigenvalue weighted by molar-refractivity contribution is 5.32. The standard InChI is InChI=1S/C17H27F2N/c1-4-6-7-8-13(3)14-9-10-16(18)17(19)15(14)11-12-20-5-2/h9-10,13,20H,4-8,11-12H2,1-3H3. The second-order valence-corrected chi connectivity index (χ2v) is 5.43. The normalized spacial score (nSPS) is 12.7. The molecule has 1 N–H and O–H groups in total. The zero-order chi connectivity index (χ0) is 15.0. The summed E-state index contributed by atoms with van der Waals surface area (Å²) in [6.45, 7) is 7.82. The molecule has 0 heterocycles. The number of unbranched alkanes of at least 4 members (excludes halogenated alkanes) is 2. The van der Waals surface area contributed by atoms with Crippen molar-refractivity contribution in [2.24, 2.45) is 0 Å². The fraction of sp³-hybridized carbons (Fsp3) is 0.647. The molecule has 0 aromatic heterocycles. The minimum Gasteiger partial charge on any atom is -0.317 e.